The Morgan fingerprint density at radius 3 is 2.62 bits per heavy atom. The minimum absolute atomic E-state index is 0.0666. The normalized spacial score (nSPS) is 23.2. The number of amides is 2. The number of aliphatic carboxylic acids is 1. The minimum Gasteiger partial charge on any atom is -0.497 e. The predicted molar refractivity (Wildman–Crippen MR) is 93.5 cm³/mol. The highest BCUT2D eigenvalue weighted by molar-refractivity contribution is 5.91. The van der Waals surface area contributed by atoms with E-state index in [4.69, 9.17) is 4.74 Å². The molecule has 26 heavy (non-hydrogen) atoms. The summed E-state index contributed by atoms with van der Waals surface area (Å²) in [4.78, 5) is 39.7. The van der Waals surface area contributed by atoms with Crippen LogP contribution in [0.4, 0.5) is 0 Å². The van der Waals surface area contributed by atoms with Crippen molar-refractivity contribution in [3.63, 3.8) is 0 Å². The largest absolute Gasteiger partial charge is 0.497 e. The first kappa shape index (κ1) is 18.2. The van der Waals surface area contributed by atoms with Crippen LogP contribution in [0.3, 0.4) is 0 Å². The molecule has 7 heteroatoms. The summed E-state index contributed by atoms with van der Waals surface area (Å²) >= 11 is 0. The average Bonchev–Trinajstić information content (AvgIpc) is 3.02. The Balaban J connectivity index is 1.64. The maximum Gasteiger partial charge on any atom is 0.326 e. The highest BCUT2D eigenvalue weighted by Crippen LogP contribution is 2.26. The summed E-state index contributed by atoms with van der Waals surface area (Å²) < 4.78 is 5.13. The van der Waals surface area contributed by atoms with Crippen molar-refractivity contribution in [2.45, 2.75) is 38.3 Å². The third-order valence-electron chi connectivity index (χ3n) is 5.17. The number of piperidine rings is 1. The zero-order chi connectivity index (χ0) is 18.7. The smallest absolute Gasteiger partial charge is 0.326 e. The fourth-order valence-electron chi connectivity index (χ4n) is 3.73. The zero-order valence-electron chi connectivity index (χ0n) is 14.9. The van der Waals surface area contributed by atoms with Gasteiger partial charge in [0.05, 0.1) is 13.0 Å². The molecule has 2 heterocycles. The van der Waals surface area contributed by atoms with Crippen molar-refractivity contribution in [2.75, 3.05) is 20.2 Å². The molecule has 2 atom stereocenters. The second-order valence-electron chi connectivity index (χ2n) is 6.90. The lowest BCUT2D eigenvalue weighted by molar-refractivity contribution is -0.153. The van der Waals surface area contributed by atoms with Crippen LogP contribution in [0.2, 0.25) is 0 Å². The van der Waals surface area contributed by atoms with Gasteiger partial charge in [0.1, 0.15) is 11.8 Å². The number of carbonyl (C=O) groups excluding carboxylic acids is 2. The van der Waals surface area contributed by atoms with Crippen LogP contribution in [0.1, 0.15) is 31.2 Å². The molecule has 0 aromatic heterocycles. The number of carboxylic acid groups (broad SMARTS) is 1. The number of benzene rings is 1. The molecule has 2 amide bonds. The number of hydrogen-bond acceptors (Lipinski definition) is 4. The topological polar surface area (TPSA) is 87.2 Å². The van der Waals surface area contributed by atoms with Gasteiger partial charge in [-0.25, -0.2) is 4.79 Å². The van der Waals surface area contributed by atoms with Crippen LogP contribution in [-0.4, -0.2) is 58.9 Å². The van der Waals surface area contributed by atoms with Crippen LogP contribution in [-0.2, 0) is 20.9 Å². The standard InChI is InChI=1S/C19H24N2O5/c1-26-15-7-5-13(6-8-15)11-20-12-14(10-17(20)22)18(23)21-9-3-2-4-16(21)19(24)25/h5-8,14,16H,2-4,9-12H2,1H3,(H,24,25)/t14-,16+/m1/s1. The molecule has 1 aromatic rings. The zero-order valence-corrected chi connectivity index (χ0v) is 14.9. The summed E-state index contributed by atoms with van der Waals surface area (Å²) in [5, 5.41) is 9.36. The lowest BCUT2D eigenvalue weighted by Gasteiger charge is -2.34. The fourth-order valence-corrected chi connectivity index (χ4v) is 3.73. The molecule has 0 saturated carbocycles. The van der Waals surface area contributed by atoms with Crippen molar-refractivity contribution in [1.82, 2.24) is 9.80 Å². The Morgan fingerprint density at radius 2 is 1.96 bits per heavy atom. The van der Waals surface area contributed by atoms with Gasteiger partial charge in [-0.15, -0.1) is 0 Å². The molecule has 2 saturated heterocycles. The van der Waals surface area contributed by atoms with E-state index in [9.17, 15) is 19.5 Å². The Bertz CT molecular complexity index is 688. The Morgan fingerprint density at radius 1 is 1.23 bits per heavy atom. The van der Waals surface area contributed by atoms with E-state index in [0.29, 0.717) is 26.1 Å². The van der Waals surface area contributed by atoms with Crippen LogP contribution >= 0.6 is 0 Å². The molecule has 0 unspecified atom stereocenters. The summed E-state index contributed by atoms with van der Waals surface area (Å²) in [5.74, 6) is -0.941. The Labute approximate surface area is 152 Å². The summed E-state index contributed by atoms with van der Waals surface area (Å²) in [7, 11) is 1.60. The number of ether oxygens (including phenoxy) is 1. The highest BCUT2D eigenvalue weighted by Gasteiger charge is 2.40. The van der Waals surface area contributed by atoms with Crippen molar-refractivity contribution in [3.05, 3.63) is 29.8 Å². The van der Waals surface area contributed by atoms with Crippen molar-refractivity contribution in [1.29, 1.82) is 0 Å². The first-order valence-electron chi connectivity index (χ1n) is 8.93. The maximum absolute atomic E-state index is 12.8. The minimum atomic E-state index is -0.961. The van der Waals surface area contributed by atoms with E-state index < -0.39 is 17.9 Å². The molecular weight excluding hydrogens is 336 g/mol. The Hall–Kier alpha value is -2.57. The highest BCUT2D eigenvalue weighted by atomic mass is 16.5. The van der Waals surface area contributed by atoms with Crippen LogP contribution in [0.15, 0.2) is 24.3 Å². The van der Waals surface area contributed by atoms with Crippen molar-refractivity contribution in [2.24, 2.45) is 5.92 Å². The van der Waals surface area contributed by atoms with Gasteiger partial charge < -0.3 is 19.6 Å². The Kier molecular flexibility index (Phi) is 5.44. The quantitative estimate of drug-likeness (QED) is 0.860. The molecule has 2 aliphatic heterocycles. The van der Waals surface area contributed by atoms with Crippen LogP contribution in [0.5, 0.6) is 5.75 Å². The molecule has 0 bridgehead atoms. The number of nitrogens with zero attached hydrogens (tertiary/aromatic N) is 2. The van der Waals surface area contributed by atoms with Gasteiger partial charge in [0.2, 0.25) is 11.8 Å². The van der Waals surface area contributed by atoms with Crippen molar-refractivity contribution < 1.29 is 24.2 Å². The second-order valence-corrected chi connectivity index (χ2v) is 6.90. The molecule has 1 aromatic carbocycles. The number of rotatable bonds is 5. The van der Waals surface area contributed by atoms with Gasteiger partial charge in [0.15, 0.2) is 0 Å². The van der Waals surface area contributed by atoms with Gasteiger partial charge in [-0.1, -0.05) is 12.1 Å². The lowest BCUT2D eigenvalue weighted by Crippen LogP contribution is -2.50. The van der Waals surface area contributed by atoms with Crippen LogP contribution in [0, 0.1) is 5.92 Å². The van der Waals surface area contributed by atoms with Gasteiger partial charge in [0.25, 0.3) is 0 Å². The van der Waals surface area contributed by atoms with Crippen LogP contribution in [0.25, 0.3) is 0 Å². The SMILES string of the molecule is COc1ccc(CN2C[C@H](C(=O)N3CCCC[C@H]3C(=O)O)CC2=O)cc1. The van der Waals surface area contributed by atoms with Gasteiger partial charge in [0, 0.05) is 26.1 Å². The maximum atomic E-state index is 12.8. The molecule has 140 valence electrons. The van der Waals surface area contributed by atoms with Crippen LogP contribution < -0.4 is 4.74 Å². The first-order valence-corrected chi connectivity index (χ1v) is 8.93. The molecule has 0 aliphatic carbocycles. The van der Waals surface area contributed by atoms with Crippen molar-refractivity contribution in [3.8, 4) is 5.75 Å². The predicted octanol–water partition coefficient (Wildman–Crippen LogP) is 1.51. The average molecular weight is 360 g/mol. The van der Waals surface area contributed by atoms with E-state index in [1.807, 2.05) is 24.3 Å². The van der Waals surface area contributed by atoms with E-state index in [1.54, 1.807) is 12.0 Å². The second kappa shape index (κ2) is 7.76. The van der Waals surface area contributed by atoms with E-state index in [1.165, 1.54) is 4.90 Å². The summed E-state index contributed by atoms with van der Waals surface area (Å²) in [6, 6.07) is 6.70. The number of likely N-dealkylation sites (tertiary alicyclic amines) is 2. The van der Waals surface area contributed by atoms with Gasteiger partial charge in [-0.2, -0.15) is 0 Å². The van der Waals surface area contributed by atoms with Gasteiger partial charge >= 0.3 is 5.97 Å². The molecule has 3 rings (SSSR count). The molecule has 2 fully saturated rings. The molecule has 0 spiro atoms. The number of carboxylic acids is 1. The molecule has 1 N–H and O–H groups in total. The summed E-state index contributed by atoms with van der Waals surface area (Å²) in [6.07, 6.45) is 2.26. The number of carbonyl (C=O) groups is 3. The third-order valence-corrected chi connectivity index (χ3v) is 5.17. The van der Waals surface area contributed by atoms with Crippen molar-refractivity contribution >= 4 is 17.8 Å². The molecular formula is C19H24N2O5. The third kappa shape index (κ3) is 3.81. The molecule has 0 radical (unpaired) electrons. The van der Waals surface area contributed by atoms with E-state index in [2.05, 4.69) is 0 Å². The van der Waals surface area contributed by atoms with Gasteiger partial charge in [-0.05, 0) is 37.0 Å². The number of methoxy groups -OCH3 is 1. The van der Waals surface area contributed by atoms with E-state index in [-0.39, 0.29) is 18.2 Å². The summed E-state index contributed by atoms with van der Waals surface area (Å²) in [5.41, 5.74) is 0.966. The molecule has 7 nitrogen and oxygen atoms in total. The fraction of sp³-hybridized carbons (Fsp3) is 0.526. The number of hydrogen-bond donors (Lipinski definition) is 1. The molecule has 2 aliphatic rings. The van der Waals surface area contributed by atoms with E-state index >= 15 is 0 Å². The van der Waals surface area contributed by atoms with Gasteiger partial charge in [-0.3, -0.25) is 9.59 Å². The van der Waals surface area contributed by atoms with E-state index in [0.717, 1.165) is 24.2 Å². The lowest BCUT2D eigenvalue weighted by atomic mass is 9.98. The summed E-state index contributed by atoms with van der Waals surface area (Å²) in [6.45, 7) is 1.24. The monoisotopic (exact) mass is 360 g/mol. The first-order chi connectivity index (χ1) is 12.5.